The van der Waals surface area contributed by atoms with Crippen molar-refractivity contribution in [2.45, 2.75) is 39.2 Å². The molecule has 0 aliphatic carbocycles. The standard InChI is InChI=1S/C17H26F2N2/c1-14(13-21-8-3-2-4-9-21)11-20-12-15-6-5-7-16(10-15)17(18)19/h5-7,10,14,17,20H,2-4,8-9,11-13H2,1H3. The van der Waals surface area contributed by atoms with E-state index in [1.165, 1.54) is 38.4 Å². The lowest BCUT2D eigenvalue weighted by atomic mass is 10.1. The van der Waals surface area contributed by atoms with Gasteiger partial charge in [-0.3, -0.25) is 0 Å². The van der Waals surface area contributed by atoms with E-state index in [2.05, 4.69) is 17.1 Å². The van der Waals surface area contributed by atoms with Gasteiger partial charge in [0.25, 0.3) is 6.43 Å². The number of nitrogens with one attached hydrogen (secondary N) is 1. The highest BCUT2D eigenvalue weighted by Gasteiger charge is 2.13. The molecule has 2 rings (SSSR count). The SMILES string of the molecule is CC(CNCc1cccc(C(F)F)c1)CN1CCCCC1. The van der Waals surface area contributed by atoms with Crippen molar-refractivity contribution in [2.24, 2.45) is 5.92 Å². The maximum absolute atomic E-state index is 12.6. The molecule has 1 heterocycles. The molecule has 1 saturated heterocycles. The van der Waals surface area contributed by atoms with Crippen LogP contribution in [0.2, 0.25) is 0 Å². The number of hydrogen-bond donors (Lipinski definition) is 1. The van der Waals surface area contributed by atoms with E-state index in [1.807, 2.05) is 6.07 Å². The first kappa shape index (κ1) is 16.4. The third-order valence-corrected chi connectivity index (χ3v) is 4.04. The van der Waals surface area contributed by atoms with E-state index in [0.717, 1.165) is 18.7 Å². The minimum absolute atomic E-state index is 0.107. The summed E-state index contributed by atoms with van der Waals surface area (Å²) in [5.41, 5.74) is 1.04. The quantitative estimate of drug-likeness (QED) is 0.822. The second-order valence-electron chi connectivity index (χ2n) is 6.14. The van der Waals surface area contributed by atoms with Gasteiger partial charge in [0.05, 0.1) is 0 Å². The van der Waals surface area contributed by atoms with Crippen molar-refractivity contribution < 1.29 is 8.78 Å². The fourth-order valence-electron chi connectivity index (χ4n) is 2.95. The molecule has 0 bridgehead atoms. The molecule has 0 amide bonds. The van der Waals surface area contributed by atoms with Crippen LogP contribution in [0.4, 0.5) is 8.78 Å². The van der Waals surface area contributed by atoms with E-state index in [4.69, 9.17) is 0 Å². The van der Waals surface area contributed by atoms with Gasteiger partial charge in [0.15, 0.2) is 0 Å². The number of benzene rings is 1. The van der Waals surface area contributed by atoms with Crippen molar-refractivity contribution in [1.82, 2.24) is 10.2 Å². The van der Waals surface area contributed by atoms with Crippen molar-refractivity contribution >= 4 is 0 Å². The second-order valence-corrected chi connectivity index (χ2v) is 6.14. The maximum atomic E-state index is 12.6. The summed E-state index contributed by atoms with van der Waals surface area (Å²) in [7, 11) is 0. The lowest BCUT2D eigenvalue weighted by molar-refractivity contribution is 0.151. The first-order valence-corrected chi connectivity index (χ1v) is 7.95. The average Bonchev–Trinajstić information content (AvgIpc) is 2.48. The van der Waals surface area contributed by atoms with Gasteiger partial charge in [-0.1, -0.05) is 31.5 Å². The summed E-state index contributed by atoms with van der Waals surface area (Å²) < 4.78 is 25.3. The summed E-state index contributed by atoms with van der Waals surface area (Å²) in [6.07, 6.45) is 1.62. The molecule has 1 atom stereocenters. The lowest BCUT2D eigenvalue weighted by Gasteiger charge is -2.29. The number of alkyl halides is 2. The van der Waals surface area contributed by atoms with Crippen LogP contribution in [0.1, 0.15) is 43.7 Å². The largest absolute Gasteiger partial charge is 0.312 e. The Hall–Kier alpha value is -1.00. The Morgan fingerprint density at radius 3 is 2.67 bits per heavy atom. The molecule has 0 aromatic heterocycles. The first-order chi connectivity index (χ1) is 10.1. The van der Waals surface area contributed by atoms with Crippen LogP contribution in [-0.2, 0) is 6.54 Å². The molecular formula is C17H26F2N2. The molecule has 118 valence electrons. The Kier molecular flexibility index (Phi) is 6.58. The zero-order valence-electron chi connectivity index (χ0n) is 12.8. The maximum Gasteiger partial charge on any atom is 0.263 e. The molecule has 2 nitrogen and oxygen atoms in total. The number of hydrogen-bond acceptors (Lipinski definition) is 2. The zero-order valence-corrected chi connectivity index (χ0v) is 12.8. The van der Waals surface area contributed by atoms with E-state index in [0.29, 0.717) is 12.5 Å². The Morgan fingerprint density at radius 1 is 1.19 bits per heavy atom. The molecule has 1 aromatic rings. The van der Waals surface area contributed by atoms with Gasteiger partial charge >= 0.3 is 0 Å². The van der Waals surface area contributed by atoms with Gasteiger partial charge in [-0.2, -0.15) is 0 Å². The monoisotopic (exact) mass is 296 g/mol. The van der Waals surface area contributed by atoms with Crippen molar-refractivity contribution in [3.8, 4) is 0 Å². The molecule has 1 aliphatic rings. The Labute approximate surface area is 126 Å². The van der Waals surface area contributed by atoms with Crippen LogP contribution in [0.5, 0.6) is 0 Å². The minimum Gasteiger partial charge on any atom is -0.312 e. The molecule has 21 heavy (non-hydrogen) atoms. The number of nitrogens with zero attached hydrogens (tertiary/aromatic N) is 1. The summed E-state index contributed by atoms with van der Waals surface area (Å²) in [4.78, 5) is 2.53. The molecule has 4 heteroatoms. The van der Waals surface area contributed by atoms with Gasteiger partial charge in [0, 0.05) is 18.7 Å². The molecule has 1 fully saturated rings. The van der Waals surface area contributed by atoms with Gasteiger partial charge in [0.2, 0.25) is 0 Å². The molecule has 1 aromatic carbocycles. The molecule has 1 N–H and O–H groups in total. The van der Waals surface area contributed by atoms with Crippen LogP contribution in [0, 0.1) is 5.92 Å². The van der Waals surface area contributed by atoms with Crippen molar-refractivity contribution in [1.29, 1.82) is 0 Å². The third kappa shape index (κ3) is 5.71. The Balaban J connectivity index is 1.69. The number of halogens is 2. The van der Waals surface area contributed by atoms with Crippen molar-refractivity contribution in [3.63, 3.8) is 0 Å². The first-order valence-electron chi connectivity index (χ1n) is 7.95. The molecule has 0 spiro atoms. The van der Waals surface area contributed by atoms with Crippen LogP contribution in [0.25, 0.3) is 0 Å². The average molecular weight is 296 g/mol. The minimum atomic E-state index is -2.39. The van der Waals surface area contributed by atoms with Crippen LogP contribution in [0.15, 0.2) is 24.3 Å². The zero-order chi connectivity index (χ0) is 15.1. The Bertz CT molecular complexity index is 417. The van der Waals surface area contributed by atoms with Crippen LogP contribution in [-0.4, -0.2) is 31.1 Å². The van der Waals surface area contributed by atoms with E-state index in [-0.39, 0.29) is 5.56 Å². The predicted molar refractivity (Wildman–Crippen MR) is 82.6 cm³/mol. The van der Waals surface area contributed by atoms with Gasteiger partial charge in [0.1, 0.15) is 0 Å². The number of rotatable bonds is 7. The van der Waals surface area contributed by atoms with E-state index >= 15 is 0 Å². The molecule has 0 saturated carbocycles. The van der Waals surface area contributed by atoms with Crippen LogP contribution >= 0.6 is 0 Å². The van der Waals surface area contributed by atoms with E-state index in [9.17, 15) is 8.78 Å². The fourth-order valence-corrected chi connectivity index (χ4v) is 2.95. The van der Waals surface area contributed by atoms with E-state index < -0.39 is 6.43 Å². The summed E-state index contributed by atoms with van der Waals surface area (Å²) in [6, 6.07) is 6.67. The Morgan fingerprint density at radius 2 is 1.95 bits per heavy atom. The summed E-state index contributed by atoms with van der Waals surface area (Å²) in [5, 5.41) is 3.39. The smallest absolute Gasteiger partial charge is 0.263 e. The highest BCUT2D eigenvalue weighted by molar-refractivity contribution is 5.24. The van der Waals surface area contributed by atoms with E-state index in [1.54, 1.807) is 12.1 Å². The summed E-state index contributed by atoms with van der Waals surface area (Å²) in [5.74, 6) is 0.585. The third-order valence-electron chi connectivity index (χ3n) is 4.04. The van der Waals surface area contributed by atoms with Gasteiger partial charge in [-0.25, -0.2) is 8.78 Å². The fraction of sp³-hybridized carbons (Fsp3) is 0.647. The highest BCUT2D eigenvalue weighted by atomic mass is 19.3. The predicted octanol–water partition coefficient (Wildman–Crippen LogP) is 3.84. The molecule has 1 unspecified atom stereocenters. The van der Waals surface area contributed by atoms with Crippen LogP contribution in [0.3, 0.4) is 0 Å². The van der Waals surface area contributed by atoms with Gasteiger partial charge in [-0.15, -0.1) is 0 Å². The highest BCUT2D eigenvalue weighted by Crippen LogP contribution is 2.19. The van der Waals surface area contributed by atoms with Crippen molar-refractivity contribution in [2.75, 3.05) is 26.2 Å². The normalized spacial score (nSPS) is 18.1. The van der Waals surface area contributed by atoms with Gasteiger partial charge < -0.3 is 10.2 Å². The lowest BCUT2D eigenvalue weighted by Crippen LogP contribution is -2.36. The molecule has 1 aliphatic heterocycles. The topological polar surface area (TPSA) is 15.3 Å². The molecular weight excluding hydrogens is 270 g/mol. The summed E-state index contributed by atoms with van der Waals surface area (Å²) >= 11 is 0. The van der Waals surface area contributed by atoms with Crippen LogP contribution < -0.4 is 5.32 Å². The van der Waals surface area contributed by atoms with Gasteiger partial charge in [-0.05, 0) is 50.0 Å². The molecule has 0 radical (unpaired) electrons. The second kappa shape index (κ2) is 8.44. The number of likely N-dealkylation sites (tertiary alicyclic amines) is 1. The number of piperidine rings is 1. The van der Waals surface area contributed by atoms with Crippen molar-refractivity contribution in [3.05, 3.63) is 35.4 Å². The summed E-state index contributed by atoms with van der Waals surface area (Å²) in [6.45, 7) is 7.41.